The van der Waals surface area contributed by atoms with Crippen molar-refractivity contribution in [3.05, 3.63) is 39.3 Å². The fraction of sp³-hybridized carbons (Fsp3) is 0.381. The second kappa shape index (κ2) is 12.9. The van der Waals surface area contributed by atoms with Crippen LogP contribution in [0, 0.1) is 0 Å². The molecule has 0 unspecified atom stereocenters. The van der Waals surface area contributed by atoms with Crippen LogP contribution in [0.25, 0.3) is 22.1 Å². The summed E-state index contributed by atoms with van der Waals surface area (Å²) in [6, 6.07) is 9.33. The predicted octanol–water partition coefficient (Wildman–Crippen LogP) is 4.48. The van der Waals surface area contributed by atoms with Crippen LogP contribution in [0.2, 0.25) is 0 Å². The molecular weight excluding hydrogens is 552 g/mol. The summed E-state index contributed by atoms with van der Waals surface area (Å²) in [7, 11) is 1.61. The minimum atomic E-state index is -0.862. The Morgan fingerprint density at radius 2 is 1.47 bits per heavy atom. The van der Waals surface area contributed by atoms with E-state index in [1.54, 1.807) is 13.2 Å². The smallest absolute Gasteiger partial charge is 0.454 e. The fourth-order valence-corrected chi connectivity index (χ4v) is 3.99. The number of halogens is 2. The minimum Gasteiger partial charge on any atom is -0.454 e. The van der Waals surface area contributed by atoms with Gasteiger partial charge in [-0.25, -0.2) is 14.8 Å². The molecule has 11 heteroatoms. The highest BCUT2D eigenvalue weighted by Gasteiger charge is 2.16. The van der Waals surface area contributed by atoms with E-state index in [-0.39, 0.29) is 20.0 Å². The maximum Gasteiger partial charge on any atom is 0.511 e. The molecule has 172 valence electrons. The van der Waals surface area contributed by atoms with Crippen molar-refractivity contribution in [1.82, 2.24) is 9.97 Å². The number of aromatic nitrogens is 2. The standard InChI is InChI=1S/C21H22Br2N2O7/c1-27-6-7-28-8-9-29-10-11-30-21(26)32-13-31-20-15(23)12-14(22)18-19(20)25-17-5-3-2-4-16(17)24-18/h2-5,12H,6-11,13H2,1H3. The highest BCUT2D eigenvalue weighted by molar-refractivity contribution is 9.11. The summed E-state index contributed by atoms with van der Waals surface area (Å²) in [5.41, 5.74) is 2.65. The predicted molar refractivity (Wildman–Crippen MR) is 124 cm³/mol. The fourth-order valence-electron chi connectivity index (χ4n) is 2.65. The van der Waals surface area contributed by atoms with Crippen molar-refractivity contribution in [3.63, 3.8) is 0 Å². The lowest BCUT2D eigenvalue weighted by molar-refractivity contribution is -0.0167. The first-order chi connectivity index (χ1) is 15.6. The molecule has 0 atom stereocenters. The summed E-state index contributed by atoms with van der Waals surface area (Å²) in [6.45, 7) is 1.81. The Hall–Kier alpha value is -2.05. The van der Waals surface area contributed by atoms with E-state index < -0.39 is 6.16 Å². The molecule has 0 bridgehead atoms. The third-order valence-electron chi connectivity index (χ3n) is 4.11. The lowest BCUT2D eigenvalue weighted by Gasteiger charge is -2.12. The molecule has 32 heavy (non-hydrogen) atoms. The molecule has 0 fully saturated rings. The Bertz CT molecular complexity index is 1050. The molecule has 3 rings (SSSR count). The lowest BCUT2D eigenvalue weighted by atomic mass is 10.2. The second-order valence-corrected chi connectivity index (χ2v) is 8.01. The topological polar surface area (TPSA) is 98.2 Å². The van der Waals surface area contributed by atoms with Crippen LogP contribution >= 0.6 is 31.9 Å². The van der Waals surface area contributed by atoms with Crippen LogP contribution in [0.3, 0.4) is 0 Å². The number of methoxy groups -OCH3 is 1. The van der Waals surface area contributed by atoms with Gasteiger partial charge in [0.2, 0.25) is 6.79 Å². The summed E-state index contributed by atoms with van der Waals surface area (Å²) in [6.07, 6.45) is -0.862. The Kier molecular flexibility index (Phi) is 9.88. The zero-order valence-corrected chi connectivity index (χ0v) is 20.5. The Labute approximate surface area is 201 Å². The number of hydrogen-bond acceptors (Lipinski definition) is 9. The van der Waals surface area contributed by atoms with Crippen molar-refractivity contribution in [2.45, 2.75) is 0 Å². The summed E-state index contributed by atoms with van der Waals surface area (Å²) in [5, 5.41) is 0. The van der Waals surface area contributed by atoms with Crippen LogP contribution < -0.4 is 4.74 Å². The van der Waals surface area contributed by atoms with Crippen LogP contribution in [0.1, 0.15) is 0 Å². The van der Waals surface area contributed by atoms with E-state index in [4.69, 9.17) is 28.4 Å². The maximum atomic E-state index is 11.8. The van der Waals surface area contributed by atoms with Crippen molar-refractivity contribution < 1.29 is 33.2 Å². The van der Waals surface area contributed by atoms with E-state index in [1.807, 2.05) is 24.3 Å². The molecule has 9 nitrogen and oxygen atoms in total. The van der Waals surface area contributed by atoms with E-state index in [1.165, 1.54) is 0 Å². The molecule has 0 N–H and O–H groups in total. The summed E-state index contributed by atoms with van der Waals surface area (Å²) >= 11 is 6.96. The number of para-hydroxylation sites is 2. The van der Waals surface area contributed by atoms with Crippen LogP contribution in [0.5, 0.6) is 5.75 Å². The van der Waals surface area contributed by atoms with E-state index >= 15 is 0 Å². The summed E-state index contributed by atoms with van der Waals surface area (Å²) in [5.74, 6) is 0.408. The van der Waals surface area contributed by atoms with Gasteiger partial charge in [-0.05, 0) is 50.1 Å². The molecule has 1 heterocycles. The van der Waals surface area contributed by atoms with Crippen molar-refractivity contribution in [2.75, 3.05) is 53.5 Å². The second-order valence-electron chi connectivity index (χ2n) is 6.30. The largest absolute Gasteiger partial charge is 0.511 e. The number of hydrogen-bond donors (Lipinski definition) is 0. The lowest BCUT2D eigenvalue weighted by Crippen LogP contribution is -2.16. The normalized spacial score (nSPS) is 11.1. The van der Waals surface area contributed by atoms with Gasteiger partial charge < -0.3 is 28.4 Å². The third kappa shape index (κ3) is 6.97. The number of ether oxygens (including phenoxy) is 6. The number of nitrogens with zero attached hydrogens (tertiary/aromatic N) is 2. The molecule has 1 aromatic heterocycles. The van der Waals surface area contributed by atoms with E-state index in [2.05, 4.69) is 41.8 Å². The molecule has 0 radical (unpaired) electrons. The molecule has 2 aromatic carbocycles. The van der Waals surface area contributed by atoms with E-state index in [9.17, 15) is 4.79 Å². The Morgan fingerprint density at radius 3 is 2.16 bits per heavy atom. The molecule has 3 aromatic rings. The first kappa shape index (κ1) is 24.6. The average Bonchev–Trinajstić information content (AvgIpc) is 2.79. The van der Waals surface area contributed by atoms with Gasteiger partial charge in [-0.2, -0.15) is 0 Å². The van der Waals surface area contributed by atoms with Crippen molar-refractivity contribution in [1.29, 1.82) is 0 Å². The van der Waals surface area contributed by atoms with Crippen LogP contribution in [-0.2, 0) is 23.7 Å². The average molecular weight is 574 g/mol. The van der Waals surface area contributed by atoms with Gasteiger partial charge in [0.05, 0.1) is 48.5 Å². The van der Waals surface area contributed by atoms with Gasteiger partial charge in [-0.15, -0.1) is 0 Å². The molecule has 0 aliphatic carbocycles. The molecule has 0 aliphatic rings. The van der Waals surface area contributed by atoms with E-state index in [0.29, 0.717) is 47.7 Å². The molecule has 0 aliphatic heterocycles. The third-order valence-corrected chi connectivity index (χ3v) is 5.31. The van der Waals surface area contributed by atoms with Crippen LogP contribution in [-0.4, -0.2) is 69.7 Å². The van der Waals surface area contributed by atoms with E-state index in [0.717, 1.165) is 15.5 Å². The van der Waals surface area contributed by atoms with Gasteiger partial charge in [0.15, 0.2) is 5.75 Å². The number of fused-ring (bicyclic) bond motifs is 2. The summed E-state index contributed by atoms with van der Waals surface area (Å²) in [4.78, 5) is 21.0. The summed E-state index contributed by atoms with van der Waals surface area (Å²) < 4.78 is 32.4. The van der Waals surface area contributed by atoms with Crippen LogP contribution in [0.15, 0.2) is 39.3 Å². The molecule has 0 amide bonds. The minimum absolute atomic E-state index is 0.0548. The zero-order chi connectivity index (χ0) is 22.8. The quantitative estimate of drug-likeness (QED) is 0.134. The van der Waals surface area contributed by atoms with Gasteiger partial charge in [-0.1, -0.05) is 12.1 Å². The molecular formula is C21H22Br2N2O7. The van der Waals surface area contributed by atoms with Crippen LogP contribution in [0.4, 0.5) is 4.79 Å². The first-order valence-corrected chi connectivity index (χ1v) is 11.3. The van der Waals surface area contributed by atoms with Gasteiger partial charge >= 0.3 is 6.16 Å². The molecule has 0 saturated heterocycles. The highest BCUT2D eigenvalue weighted by Crippen LogP contribution is 2.37. The molecule has 0 spiro atoms. The number of carbonyl (C=O) groups excluding carboxylic acids is 1. The van der Waals surface area contributed by atoms with Gasteiger partial charge in [0.25, 0.3) is 0 Å². The number of benzene rings is 2. The first-order valence-electron chi connectivity index (χ1n) is 9.71. The van der Waals surface area contributed by atoms with Gasteiger partial charge in [0, 0.05) is 11.6 Å². The number of rotatable bonds is 12. The van der Waals surface area contributed by atoms with Gasteiger partial charge in [0.1, 0.15) is 17.6 Å². The monoisotopic (exact) mass is 572 g/mol. The highest BCUT2D eigenvalue weighted by atomic mass is 79.9. The van der Waals surface area contributed by atoms with Crippen molar-refractivity contribution in [2.24, 2.45) is 0 Å². The Morgan fingerprint density at radius 1 is 0.844 bits per heavy atom. The maximum absolute atomic E-state index is 11.8. The van der Waals surface area contributed by atoms with Crippen molar-refractivity contribution >= 4 is 60.1 Å². The SMILES string of the molecule is COCCOCCOCCOC(=O)OCOc1c(Br)cc(Br)c2nc3ccccc3nc12. The van der Waals surface area contributed by atoms with Crippen molar-refractivity contribution in [3.8, 4) is 5.75 Å². The number of carbonyl (C=O) groups is 1. The van der Waals surface area contributed by atoms with Gasteiger partial charge in [-0.3, -0.25) is 0 Å². The molecule has 0 saturated carbocycles. The Balaban J connectivity index is 1.47. The zero-order valence-electron chi connectivity index (χ0n) is 17.3.